The molecule has 0 atom stereocenters. The minimum atomic E-state index is -2.66. The summed E-state index contributed by atoms with van der Waals surface area (Å²) in [5.74, 6) is -1.64. The van der Waals surface area contributed by atoms with Crippen molar-refractivity contribution in [2.24, 2.45) is 5.73 Å². The lowest BCUT2D eigenvalue weighted by Crippen LogP contribution is -2.30. The topological polar surface area (TPSA) is 118 Å². The summed E-state index contributed by atoms with van der Waals surface area (Å²) in [6.07, 6.45) is 1.40. The Bertz CT molecular complexity index is 923. The Labute approximate surface area is 155 Å². The van der Waals surface area contributed by atoms with Gasteiger partial charge in [-0.3, -0.25) is 10.2 Å². The fraction of sp³-hybridized carbons (Fsp3) is 0.143. The predicted octanol–water partition coefficient (Wildman–Crippen LogP) is 1.31. The molecule has 2 aromatic rings. The number of primary amides is 1. The first-order valence-electron chi connectivity index (χ1n) is 6.66. The summed E-state index contributed by atoms with van der Waals surface area (Å²) in [6.45, 7) is -0.00456. The normalized spacial score (nSPS) is 10.4. The number of pyridine rings is 1. The average Bonchev–Trinajstić information content (AvgIpc) is 2.49. The number of amides is 1. The third kappa shape index (κ3) is 5.45. The summed E-state index contributed by atoms with van der Waals surface area (Å²) in [4.78, 5) is 11.4. The molecule has 1 aromatic carbocycles. The van der Waals surface area contributed by atoms with Crippen molar-refractivity contribution >= 4 is 46.3 Å². The Morgan fingerprint density at radius 3 is 2.64 bits per heavy atom. The van der Waals surface area contributed by atoms with Gasteiger partial charge in [0.2, 0.25) is 0 Å². The van der Waals surface area contributed by atoms with E-state index in [1.165, 1.54) is 35.0 Å². The third-order valence-corrected chi connectivity index (χ3v) is 3.80. The molecule has 2 rings (SSSR count). The van der Waals surface area contributed by atoms with E-state index in [2.05, 4.69) is 5.32 Å². The number of thiol groups is 1. The molecule has 0 spiro atoms. The first-order chi connectivity index (χ1) is 11.3. The van der Waals surface area contributed by atoms with Crippen LogP contribution in [0.4, 0.5) is 10.1 Å². The number of hydrogen-bond donors (Lipinski definition) is 4. The summed E-state index contributed by atoms with van der Waals surface area (Å²) in [5.41, 5.74) is 5.74. The zero-order chi connectivity index (χ0) is 17.9. The number of nitrogens with zero attached hydrogens (tertiary/aromatic N) is 1. The summed E-state index contributed by atoms with van der Waals surface area (Å²) >= 11 is 5.92. The predicted molar refractivity (Wildman–Crippen MR) is 95.4 cm³/mol. The van der Waals surface area contributed by atoms with Crippen LogP contribution >= 0.6 is 24.0 Å². The lowest BCUT2D eigenvalue weighted by Gasteiger charge is -2.14. The number of anilines is 1. The van der Waals surface area contributed by atoms with Crippen LogP contribution in [0, 0.1) is 11.2 Å². The second-order valence-corrected chi connectivity index (χ2v) is 6.30. The second-order valence-electron chi connectivity index (χ2n) is 4.88. The van der Waals surface area contributed by atoms with Crippen molar-refractivity contribution in [2.75, 3.05) is 11.2 Å². The van der Waals surface area contributed by atoms with Gasteiger partial charge in [0.25, 0.3) is 5.91 Å². The molecular formula is C14H15Cl2FN4O3S. The van der Waals surface area contributed by atoms with Gasteiger partial charge < -0.3 is 15.6 Å². The molecule has 1 amide bonds. The van der Waals surface area contributed by atoms with Crippen LogP contribution < -0.4 is 16.5 Å². The van der Waals surface area contributed by atoms with E-state index in [9.17, 15) is 17.6 Å². The molecule has 0 radical (unpaired) electrons. The number of aromatic nitrogens is 1. The molecule has 1 aromatic heterocycles. The Morgan fingerprint density at radius 1 is 1.36 bits per heavy atom. The van der Waals surface area contributed by atoms with Crippen molar-refractivity contribution in [1.29, 1.82) is 5.41 Å². The van der Waals surface area contributed by atoms with Gasteiger partial charge in [0.05, 0.1) is 17.1 Å². The van der Waals surface area contributed by atoms with Crippen molar-refractivity contribution in [3.63, 3.8) is 0 Å². The Hall–Kier alpha value is -2.10. The van der Waals surface area contributed by atoms with E-state index in [1.807, 2.05) is 0 Å². The number of nitrogens with one attached hydrogen (secondary N) is 2. The number of hydrogen-bond acceptors (Lipinski definition) is 5. The van der Waals surface area contributed by atoms with Crippen molar-refractivity contribution in [3.8, 4) is 0 Å². The first-order valence-corrected chi connectivity index (χ1v) is 8.40. The monoisotopic (exact) mass is 408 g/mol. The van der Waals surface area contributed by atoms with Gasteiger partial charge in [0.15, 0.2) is 10.7 Å². The van der Waals surface area contributed by atoms with Crippen LogP contribution in [0.25, 0.3) is 0 Å². The maximum absolute atomic E-state index is 13.5. The molecular weight excluding hydrogens is 394 g/mol. The van der Waals surface area contributed by atoms with Crippen molar-refractivity contribution < 1.29 is 17.6 Å². The SMILES string of the molecule is Cl.N=c1c(C(N)=O)cc(Cl)cn1Cc1cc(F)ccc1NC[SH](=O)=O. The lowest BCUT2D eigenvalue weighted by atomic mass is 10.1. The van der Waals surface area contributed by atoms with Gasteiger partial charge in [-0.25, -0.2) is 12.8 Å². The standard InChI is InChI=1S/C14H14ClFN4O3S.ClH/c15-9-4-11(14(18)21)13(17)20(6-9)5-8-3-10(16)1-2-12(8)19-7-24(22)23;/h1-4,6,17,19,24H,5,7H2,(H2,18,21);1H. The summed E-state index contributed by atoms with van der Waals surface area (Å²) in [7, 11) is -2.66. The Balaban J connectivity index is 0.00000312. The summed E-state index contributed by atoms with van der Waals surface area (Å²) < 4.78 is 36.3. The van der Waals surface area contributed by atoms with Gasteiger partial charge in [-0.15, -0.1) is 12.4 Å². The highest BCUT2D eigenvalue weighted by atomic mass is 35.5. The smallest absolute Gasteiger partial charge is 0.252 e. The lowest BCUT2D eigenvalue weighted by molar-refractivity contribution is 0.0997. The number of benzene rings is 1. The van der Waals surface area contributed by atoms with Crippen molar-refractivity contribution in [2.45, 2.75) is 6.54 Å². The molecule has 4 N–H and O–H groups in total. The fourth-order valence-electron chi connectivity index (χ4n) is 2.12. The molecule has 11 heteroatoms. The van der Waals surface area contributed by atoms with Crippen LogP contribution in [0.5, 0.6) is 0 Å². The number of rotatable bonds is 6. The second kappa shape index (κ2) is 8.84. The zero-order valence-corrected chi connectivity index (χ0v) is 15.1. The van der Waals surface area contributed by atoms with Gasteiger partial charge >= 0.3 is 0 Å². The molecule has 0 saturated carbocycles. The average molecular weight is 409 g/mol. The molecule has 0 fully saturated rings. The van der Waals surface area contributed by atoms with Crippen molar-refractivity contribution in [1.82, 2.24) is 4.57 Å². The maximum Gasteiger partial charge on any atom is 0.252 e. The molecule has 7 nitrogen and oxygen atoms in total. The van der Waals surface area contributed by atoms with E-state index in [0.717, 1.165) is 0 Å². The molecule has 0 saturated heterocycles. The number of carbonyl (C=O) groups is 1. The molecule has 25 heavy (non-hydrogen) atoms. The van der Waals surface area contributed by atoms with Crippen LogP contribution in [-0.4, -0.2) is 24.8 Å². The third-order valence-electron chi connectivity index (χ3n) is 3.18. The molecule has 1 heterocycles. The van der Waals surface area contributed by atoms with Crippen molar-refractivity contribution in [3.05, 3.63) is 57.9 Å². The van der Waals surface area contributed by atoms with Gasteiger partial charge in [0, 0.05) is 11.9 Å². The zero-order valence-electron chi connectivity index (χ0n) is 12.7. The fourth-order valence-corrected chi connectivity index (χ4v) is 2.65. The molecule has 0 aliphatic rings. The minimum absolute atomic E-state index is 0. The molecule has 0 aliphatic carbocycles. The van der Waals surface area contributed by atoms with Gasteiger partial charge in [0.1, 0.15) is 17.2 Å². The molecule has 0 bridgehead atoms. The number of carbonyl (C=O) groups excluding carboxylic acids is 1. The van der Waals surface area contributed by atoms with E-state index in [1.54, 1.807) is 0 Å². The van der Waals surface area contributed by atoms with Gasteiger partial charge in [-0.2, -0.15) is 0 Å². The van der Waals surface area contributed by atoms with E-state index in [0.29, 0.717) is 11.3 Å². The highest BCUT2D eigenvalue weighted by molar-refractivity contribution is 7.72. The summed E-state index contributed by atoms with van der Waals surface area (Å²) in [5, 5.41) is 10.9. The quantitative estimate of drug-likeness (QED) is 0.538. The van der Waals surface area contributed by atoms with E-state index < -0.39 is 22.4 Å². The minimum Gasteiger partial charge on any atom is -0.371 e. The Morgan fingerprint density at radius 2 is 2.04 bits per heavy atom. The van der Waals surface area contributed by atoms with Crippen LogP contribution in [0.15, 0.2) is 30.5 Å². The highest BCUT2D eigenvalue weighted by Crippen LogP contribution is 2.19. The van der Waals surface area contributed by atoms with E-state index >= 15 is 0 Å². The van der Waals surface area contributed by atoms with E-state index in [4.69, 9.17) is 22.7 Å². The van der Waals surface area contributed by atoms with Gasteiger partial charge in [-0.05, 0) is 29.8 Å². The molecule has 0 unspecified atom stereocenters. The van der Waals surface area contributed by atoms with Crippen LogP contribution in [0.2, 0.25) is 5.02 Å². The highest BCUT2D eigenvalue weighted by Gasteiger charge is 2.11. The first kappa shape index (κ1) is 20.9. The largest absolute Gasteiger partial charge is 0.371 e. The number of nitrogens with two attached hydrogens (primary N) is 1. The number of halogens is 3. The maximum atomic E-state index is 13.5. The van der Waals surface area contributed by atoms with Gasteiger partial charge in [-0.1, -0.05) is 11.6 Å². The van der Waals surface area contributed by atoms with E-state index in [-0.39, 0.29) is 40.9 Å². The van der Waals surface area contributed by atoms with Crippen LogP contribution in [0.1, 0.15) is 15.9 Å². The van der Waals surface area contributed by atoms with Crippen LogP contribution in [0.3, 0.4) is 0 Å². The Kier molecular flexibility index (Phi) is 7.40. The van der Waals surface area contributed by atoms with Crippen LogP contribution in [-0.2, 0) is 17.2 Å². The summed E-state index contributed by atoms with van der Waals surface area (Å²) in [6, 6.07) is 5.06. The molecule has 0 aliphatic heterocycles. The molecule has 136 valence electrons.